The van der Waals surface area contributed by atoms with Crippen LogP contribution in [0, 0.1) is 0 Å². The molecule has 1 amide bonds. The summed E-state index contributed by atoms with van der Waals surface area (Å²) in [7, 11) is 0. The molecule has 1 aromatic carbocycles. The number of hydrogen-bond acceptors (Lipinski definition) is 7. The third-order valence-electron chi connectivity index (χ3n) is 6.34. The maximum Gasteiger partial charge on any atom is 0.234 e. The molecule has 1 aliphatic rings. The van der Waals surface area contributed by atoms with Gasteiger partial charge in [0.05, 0.1) is 11.3 Å². The van der Waals surface area contributed by atoms with Crippen LogP contribution in [-0.2, 0) is 24.1 Å². The number of fused-ring (bicyclic) bond motifs is 7. The van der Waals surface area contributed by atoms with Crippen LogP contribution < -0.4 is 5.32 Å². The summed E-state index contributed by atoms with van der Waals surface area (Å²) < 4.78 is 3.86. The second-order valence-corrected chi connectivity index (χ2v) is 11.6. The lowest BCUT2D eigenvalue weighted by Gasteiger charge is -2.19. The molecule has 10 heteroatoms. The van der Waals surface area contributed by atoms with E-state index in [0.717, 1.165) is 56.5 Å². The van der Waals surface area contributed by atoms with Gasteiger partial charge in [0, 0.05) is 21.2 Å². The molecule has 0 atom stereocenters. The average molecular weight is 568 g/mol. The number of anilines is 1. The van der Waals surface area contributed by atoms with E-state index in [9.17, 15) is 4.79 Å². The van der Waals surface area contributed by atoms with Gasteiger partial charge >= 0.3 is 0 Å². The van der Waals surface area contributed by atoms with E-state index in [1.165, 1.54) is 46.8 Å². The van der Waals surface area contributed by atoms with Gasteiger partial charge in [-0.3, -0.25) is 9.20 Å². The van der Waals surface area contributed by atoms with Gasteiger partial charge in [0.2, 0.25) is 5.91 Å². The van der Waals surface area contributed by atoms with Crippen molar-refractivity contribution in [3.05, 3.63) is 51.9 Å². The van der Waals surface area contributed by atoms with Crippen molar-refractivity contribution in [3.63, 3.8) is 0 Å². The number of benzene rings is 1. The van der Waals surface area contributed by atoms with E-state index < -0.39 is 0 Å². The van der Waals surface area contributed by atoms with Gasteiger partial charge in [-0.25, -0.2) is 9.97 Å². The molecule has 5 aromatic rings. The van der Waals surface area contributed by atoms with Crippen LogP contribution in [0.4, 0.5) is 5.69 Å². The number of halogens is 1. The lowest BCUT2D eigenvalue weighted by Crippen LogP contribution is -2.14. The number of aryl methyl sites for hydroxylation is 2. The molecule has 35 heavy (non-hydrogen) atoms. The van der Waals surface area contributed by atoms with Gasteiger partial charge in [0.1, 0.15) is 15.9 Å². The molecule has 1 aliphatic carbocycles. The Bertz CT molecular complexity index is 1580. The smallest absolute Gasteiger partial charge is 0.234 e. The first-order chi connectivity index (χ1) is 17.1. The number of thioether (sulfide) groups is 1. The molecule has 0 fully saturated rings. The number of pyridine rings is 1. The van der Waals surface area contributed by atoms with Crippen LogP contribution in [0.3, 0.4) is 0 Å². The monoisotopic (exact) mass is 566 g/mol. The van der Waals surface area contributed by atoms with Gasteiger partial charge in [-0.1, -0.05) is 41.0 Å². The molecule has 178 valence electrons. The number of thiophene rings is 1. The van der Waals surface area contributed by atoms with Gasteiger partial charge in [-0.05, 0) is 67.5 Å². The normalized spacial score (nSPS) is 13.5. The summed E-state index contributed by atoms with van der Waals surface area (Å²) in [6.07, 6.45) is 8.55. The number of nitrogens with one attached hydrogen (secondary N) is 1. The zero-order valence-corrected chi connectivity index (χ0v) is 22.4. The number of aromatic nitrogens is 5. The molecular weight excluding hydrogens is 544 g/mol. The van der Waals surface area contributed by atoms with Crippen molar-refractivity contribution in [3.8, 4) is 0 Å². The van der Waals surface area contributed by atoms with Gasteiger partial charge in [-0.2, -0.15) is 0 Å². The second-order valence-electron chi connectivity index (χ2n) is 8.70. The second kappa shape index (κ2) is 9.48. The molecule has 0 bridgehead atoms. The molecule has 4 heterocycles. The summed E-state index contributed by atoms with van der Waals surface area (Å²) in [5.74, 6) is 0.140. The molecule has 0 unspecified atom stereocenters. The van der Waals surface area contributed by atoms with Gasteiger partial charge in [0.15, 0.2) is 10.8 Å². The Labute approximate surface area is 218 Å². The molecule has 6 rings (SSSR count). The van der Waals surface area contributed by atoms with Crippen LogP contribution in [0.25, 0.3) is 26.1 Å². The van der Waals surface area contributed by atoms with Crippen molar-refractivity contribution in [1.29, 1.82) is 0 Å². The SMILES string of the molecule is CCCc1nc2sc3c(ncn4c(SCC(=O)Nc5ccc(Br)cc5)nnc34)c2c2c1CCCC2. The Morgan fingerprint density at radius 2 is 1.97 bits per heavy atom. The zero-order valence-electron chi connectivity index (χ0n) is 19.2. The predicted octanol–water partition coefficient (Wildman–Crippen LogP) is 6.21. The van der Waals surface area contributed by atoms with E-state index in [0.29, 0.717) is 5.16 Å². The summed E-state index contributed by atoms with van der Waals surface area (Å²) in [6.45, 7) is 2.21. The Morgan fingerprint density at radius 3 is 2.77 bits per heavy atom. The summed E-state index contributed by atoms with van der Waals surface area (Å²) in [4.78, 5) is 23.5. The first kappa shape index (κ1) is 22.9. The molecule has 1 N–H and O–H groups in total. The van der Waals surface area contributed by atoms with E-state index >= 15 is 0 Å². The van der Waals surface area contributed by atoms with E-state index in [4.69, 9.17) is 9.97 Å². The fourth-order valence-electron chi connectivity index (χ4n) is 4.78. The topological polar surface area (TPSA) is 85.1 Å². The molecule has 4 aromatic heterocycles. The standard InChI is InChI=1S/C25H23BrN6OS2/c1-2-5-18-16-6-3-4-7-17(16)20-21-22(35-24(20)29-18)23-30-31-25(32(23)13-27-21)34-12-19(33)28-15-10-8-14(26)9-11-15/h8-11,13H,2-7,12H2,1H3,(H,28,33). The van der Waals surface area contributed by atoms with E-state index in [2.05, 4.69) is 38.4 Å². The van der Waals surface area contributed by atoms with Gasteiger partial charge < -0.3 is 5.32 Å². The van der Waals surface area contributed by atoms with Crippen molar-refractivity contribution in [1.82, 2.24) is 24.6 Å². The first-order valence-electron chi connectivity index (χ1n) is 11.8. The third-order valence-corrected chi connectivity index (χ3v) is 8.88. The number of carbonyl (C=O) groups is 1. The maximum atomic E-state index is 12.5. The van der Waals surface area contributed by atoms with Crippen molar-refractivity contribution in [2.24, 2.45) is 0 Å². The lowest BCUT2D eigenvalue weighted by molar-refractivity contribution is -0.113. The Kier molecular flexibility index (Phi) is 6.19. The highest BCUT2D eigenvalue weighted by Crippen LogP contribution is 2.40. The lowest BCUT2D eigenvalue weighted by atomic mass is 9.88. The number of amides is 1. The van der Waals surface area contributed by atoms with Crippen LogP contribution in [0.15, 0.2) is 40.2 Å². The summed E-state index contributed by atoms with van der Waals surface area (Å²) in [5.41, 5.74) is 6.65. The Hall–Kier alpha value is -2.56. The van der Waals surface area contributed by atoms with Crippen molar-refractivity contribution in [2.75, 3.05) is 11.1 Å². The minimum absolute atomic E-state index is 0.0933. The molecule has 7 nitrogen and oxygen atoms in total. The third kappa shape index (κ3) is 4.21. The highest BCUT2D eigenvalue weighted by molar-refractivity contribution is 9.10. The van der Waals surface area contributed by atoms with Crippen LogP contribution in [0.5, 0.6) is 0 Å². The Morgan fingerprint density at radius 1 is 1.17 bits per heavy atom. The predicted molar refractivity (Wildman–Crippen MR) is 146 cm³/mol. The van der Waals surface area contributed by atoms with E-state index in [1.807, 2.05) is 28.7 Å². The minimum Gasteiger partial charge on any atom is -0.325 e. The number of carbonyl (C=O) groups excluding carboxylic acids is 1. The molecule has 0 saturated carbocycles. The van der Waals surface area contributed by atoms with E-state index in [1.54, 1.807) is 17.7 Å². The number of hydrogen-bond donors (Lipinski definition) is 1. The number of rotatable bonds is 6. The molecule has 0 saturated heterocycles. The largest absolute Gasteiger partial charge is 0.325 e. The Balaban J connectivity index is 1.33. The van der Waals surface area contributed by atoms with Gasteiger partial charge in [0.25, 0.3) is 0 Å². The maximum absolute atomic E-state index is 12.5. The van der Waals surface area contributed by atoms with Crippen LogP contribution in [-0.4, -0.2) is 36.2 Å². The molecule has 0 radical (unpaired) electrons. The fraction of sp³-hybridized carbons (Fsp3) is 0.320. The minimum atomic E-state index is -0.0933. The van der Waals surface area contributed by atoms with Crippen molar-refractivity contribution < 1.29 is 4.79 Å². The summed E-state index contributed by atoms with van der Waals surface area (Å²) >= 11 is 6.41. The average Bonchev–Trinajstić information content (AvgIpc) is 3.45. The van der Waals surface area contributed by atoms with Gasteiger partial charge in [-0.15, -0.1) is 21.5 Å². The zero-order chi connectivity index (χ0) is 23.9. The fourth-order valence-corrected chi connectivity index (χ4v) is 6.90. The van der Waals surface area contributed by atoms with Crippen LogP contribution >= 0.6 is 39.0 Å². The van der Waals surface area contributed by atoms with Crippen molar-refractivity contribution in [2.45, 2.75) is 50.6 Å². The van der Waals surface area contributed by atoms with Crippen molar-refractivity contribution >= 4 is 76.7 Å². The molecule has 0 spiro atoms. The number of nitrogens with zero attached hydrogens (tertiary/aromatic N) is 5. The quantitative estimate of drug-likeness (QED) is 0.246. The molecule has 0 aliphatic heterocycles. The highest BCUT2D eigenvalue weighted by atomic mass is 79.9. The summed E-state index contributed by atoms with van der Waals surface area (Å²) in [6, 6.07) is 7.52. The highest BCUT2D eigenvalue weighted by Gasteiger charge is 2.23. The van der Waals surface area contributed by atoms with Crippen LogP contribution in [0.1, 0.15) is 43.0 Å². The molecular formula is C25H23BrN6OS2. The first-order valence-corrected chi connectivity index (χ1v) is 14.4. The van der Waals surface area contributed by atoms with E-state index in [-0.39, 0.29) is 11.7 Å². The van der Waals surface area contributed by atoms with Crippen LogP contribution in [0.2, 0.25) is 0 Å². The summed E-state index contributed by atoms with van der Waals surface area (Å²) in [5, 5.41) is 13.6.